The molecule has 98 valence electrons. The topological polar surface area (TPSA) is 62.7 Å². The van der Waals surface area contributed by atoms with Crippen LogP contribution in [0.4, 0.5) is 10.6 Å². The van der Waals surface area contributed by atoms with Crippen molar-refractivity contribution in [2.24, 2.45) is 0 Å². The molecule has 0 saturated heterocycles. The number of nitrogens with zero attached hydrogens (tertiary/aromatic N) is 2. The van der Waals surface area contributed by atoms with Gasteiger partial charge in [-0.15, -0.1) is 0 Å². The Morgan fingerprint density at radius 3 is 2.89 bits per heavy atom. The van der Waals surface area contributed by atoms with E-state index in [1.54, 1.807) is 12.3 Å². The number of carbonyl (C=O) groups excluding carboxylic acids is 1. The number of pyridine rings is 1. The molecule has 1 aromatic heterocycles. The molecule has 2 rings (SSSR count). The highest BCUT2D eigenvalue weighted by atomic mass is 16.6. The third kappa shape index (κ3) is 2.46. The Bertz CT molecular complexity index is 466. The largest absolute Gasteiger partial charge is 0.443 e. The molecule has 0 spiro atoms. The highest BCUT2D eigenvalue weighted by Crippen LogP contribution is 2.29. The fraction of sp³-hybridized carbons (Fsp3) is 0.538. The van der Waals surface area contributed by atoms with Crippen LogP contribution >= 0.6 is 0 Å². The number of anilines is 1. The first kappa shape index (κ1) is 12.8. The van der Waals surface area contributed by atoms with Gasteiger partial charge in [-0.25, -0.2) is 9.78 Å². The molecule has 2 heterocycles. The molecule has 1 aromatic rings. The second-order valence-electron chi connectivity index (χ2n) is 5.31. The van der Waals surface area contributed by atoms with Crippen LogP contribution in [0.5, 0.6) is 0 Å². The Morgan fingerprint density at radius 2 is 2.28 bits per heavy atom. The number of rotatable bonds is 1. The molecule has 1 aliphatic rings. The monoisotopic (exact) mass is 250 g/mol. The van der Waals surface area contributed by atoms with Crippen molar-refractivity contribution >= 4 is 11.9 Å². The maximum atomic E-state index is 12.0. The Hall–Kier alpha value is -1.62. The Labute approximate surface area is 106 Å². The normalized spacial score (nSPS) is 14.6. The summed E-state index contributed by atoms with van der Waals surface area (Å²) in [5, 5.41) is 9.25. The highest BCUT2D eigenvalue weighted by Gasteiger charge is 2.31. The van der Waals surface area contributed by atoms with Gasteiger partial charge < -0.3 is 9.84 Å². The zero-order chi connectivity index (χ0) is 13.3. The summed E-state index contributed by atoms with van der Waals surface area (Å²) in [6.07, 6.45) is 1.93. The van der Waals surface area contributed by atoms with E-state index in [2.05, 4.69) is 4.98 Å². The smallest absolute Gasteiger partial charge is 0.416 e. The molecule has 0 atom stereocenters. The molecule has 0 radical (unpaired) electrons. The van der Waals surface area contributed by atoms with Gasteiger partial charge in [-0.05, 0) is 38.8 Å². The van der Waals surface area contributed by atoms with Crippen LogP contribution in [0.1, 0.15) is 31.9 Å². The van der Waals surface area contributed by atoms with Gasteiger partial charge in [-0.3, -0.25) is 4.90 Å². The molecule has 0 fully saturated rings. The van der Waals surface area contributed by atoms with Crippen molar-refractivity contribution in [3.63, 3.8) is 0 Å². The maximum Gasteiger partial charge on any atom is 0.416 e. The lowest BCUT2D eigenvalue weighted by Crippen LogP contribution is -2.36. The first-order valence-corrected chi connectivity index (χ1v) is 6.00. The van der Waals surface area contributed by atoms with Crippen molar-refractivity contribution in [3.8, 4) is 0 Å². The molecule has 0 saturated carbocycles. The van der Waals surface area contributed by atoms with E-state index < -0.39 is 5.60 Å². The third-order valence-electron chi connectivity index (χ3n) is 2.76. The van der Waals surface area contributed by atoms with Gasteiger partial charge in [-0.1, -0.05) is 0 Å². The van der Waals surface area contributed by atoms with E-state index in [1.165, 1.54) is 4.90 Å². The summed E-state index contributed by atoms with van der Waals surface area (Å²) in [5.74, 6) is 0.607. The minimum atomic E-state index is -0.519. The number of fused-ring (bicyclic) bond motifs is 1. The number of aliphatic hydroxyl groups excluding tert-OH is 1. The first-order chi connectivity index (χ1) is 8.42. The average Bonchev–Trinajstić information content (AvgIpc) is 2.69. The standard InChI is InChI=1S/C13H18N2O3/c1-13(2,3)18-12(17)15-7-5-10-9(8-16)4-6-14-11(10)15/h4,6,16H,5,7-8H2,1-3H3. The molecule has 1 N–H and O–H groups in total. The minimum Gasteiger partial charge on any atom is -0.443 e. The third-order valence-corrected chi connectivity index (χ3v) is 2.76. The summed E-state index contributed by atoms with van der Waals surface area (Å²) >= 11 is 0. The predicted molar refractivity (Wildman–Crippen MR) is 67.4 cm³/mol. The van der Waals surface area contributed by atoms with Gasteiger partial charge in [0.2, 0.25) is 0 Å². The molecular formula is C13H18N2O3. The van der Waals surface area contributed by atoms with Crippen LogP contribution in [0.3, 0.4) is 0 Å². The minimum absolute atomic E-state index is 0.0347. The Balaban J connectivity index is 2.24. The number of aromatic nitrogens is 1. The van der Waals surface area contributed by atoms with Crippen LogP contribution in [-0.4, -0.2) is 28.3 Å². The fourth-order valence-corrected chi connectivity index (χ4v) is 2.00. The summed E-state index contributed by atoms with van der Waals surface area (Å²) < 4.78 is 5.34. The highest BCUT2D eigenvalue weighted by molar-refractivity contribution is 5.89. The van der Waals surface area contributed by atoms with E-state index in [9.17, 15) is 9.90 Å². The molecule has 0 aliphatic carbocycles. The van der Waals surface area contributed by atoms with Crippen molar-refractivity contribution in [2.45, 2.75) is 39.4 Å². The SMILES string of the molecule is CC(C)(C)OC(=O)N1CCc2c(CO)ccnc21. The lowest BCUT2D eigenvalue weighted by atomic mass is 10.1. The van der Waals surface area contributed by atoms with E-state index in [1.807, 2.05) is 20.8 Å². The zero-order valence-corrected chi connectivity index (χ0v) is 10.9. The van der Waals surface area contributed by atoms with Crippen LogP contribution in [0.2, 0.25) is 0 Å². The summed E-state index contributed by atoms with van der Waals surface area (Å²) in [5.41, 5.74) is 1.24. The van der Waals surface area contributed by atoms with Crippen molar-refractivity contribution < 1.29 is 14.6 Å². The van der Waals surface area contributed by atoms with Gasteiger partial charge in [0.25, 0.3) is 0 Å². The molecule has 18 heavy (non-hydrogen) atoms. The molecule has 5 heteroatoms. The van der Waals surface area contributed by atoms with E-state index in [0.717, 1.165) is 11.1 Å². The summed E-state index contributed by atoms with van der Waals surface area (Å²) in [6.45, 7) is 6.01. The maximum absolute atomic E-state index is 12.0. The van der Waals surface area contributed by atoms with Crippen molar-refractivity contribution in [2.75, 3.05) is 11.4 Å². The molecule has 0 bridgehead atoms. The number of hydrogen-bond acceptors (Lipinski definition) is 4. The van der Waals surface area contributed by atoms with Crippen molar-refractivity contribution in [1.29, 1.82) is 0 Å². The van der Waals surface area contributed by atoms with Crippen molar-refractivity contribution in [3.05, 3.63) is 23.4 Å². The van der Waals surface area contributed by atoms with Crippen LogP contribution in [0.15, 0.2) is 12.3 Å². The summed E-state index contributed by atoms with van der Waals surface area (Å²) in [7, 11) is 0. The van der Waals surface area contributed by atoms with Crippen LogP contribution in [-0.2, 0) is 17.8 Å². The second kappa shape index (κ2) is 4.57. The quantitative estimate of drug-likeness (QED) is 0.826. The number of hydrogen-bond donors (Lipinski definition) is 1. The van der Waals surface area contributed by atoms with Crippen molar-refractivity contribution in [1.82, 2.24) is 4.98 Å². The van der Waals surface area contributed by atoms with Crippen LogP contribution in [0.25, 0.3) is 0 Å². The lowest BCUT2D eigenvalue weighted by Gasteiger charge is -2.24. The van der Waals surface area contributed by atoms with Gasteiger partial charge in [0.15, 0.2) is 0 Å². The van der Waals surface area contributed by atoms with E-state index in [4.69, 9.17) is 4.74 Å². The first-order valence-electron chi connectivity index (χ1n) is 6.00. The van der Waals surface area contributed by atoms with E-state index >= 15 is 0 Å². The summed E-state index contributed by atoms with van der Waals surface area (Å²) in [4.78, 5) is 17.8. The number of carbonyl (C=O) groups is 1. The summed E-state index contributed by atoms with van der Waals surface area (Å²) in [6, 6.07) is 1.78. The van der Waals surface area contributed by atoms with Gasteiger partial charge in [0.1, 0.15) is 11.4 Å². The molecule has 5 nitrogen and oxygen atoms in total. The van der Waals surface area contributed by atoms with E-state index in [0.29, 0.717) is 18.8 Å². The van der Waals surface area contributed by atoms with Gasteiger partial charge in [0, 0.05) is 18.3 Å². The van der Waals surface area contributed by atoms with Crippen LogP contribution < -0.4 is 4.90 Å². The van der Waals surface area contributed by atoms with E-state index in [-0.39, 0.29) is 12.7 Å². The lowest BCUT2D eigenvalue weighted by molar-refractivity contribution is 0.0583. The fourth-order valence-electron chi connectivity index (χ4n) is 2.00. The molecular weight excluding hydrogens is 232 g/mol. The van der Waals surface area contributed by atoms with Gasteiger partial charge >= 0.3 is 6.09 Å². The van der Waals surface area contributed by atoms with Crippen LogP contribution in [0, 0.1) is 0 Å². The molecule has 1 amide bonds. The predicted octanol–water partition coefficient (Wildman–Crippen LogP) is 1.87. The average molecular weight is 250 g/mol. The number of amides is 1. The number of aliphatic hydroxyl groups is 1. The molecule has 0 aromatic carbocycles. The van der Waals surface area contributed by atoms with Gasteiger partial charge in [0.05, 0.1) is 6.61 Å². The van der Waals surface area contributed by atoms with Gasteiger partial charge in [-0.2, -0.15) is 0 Å². The Kier molecular flexibility index (Phi) is 3.26. The number of ether oxygens (including phenoxy) is 1. The zero-order valence-electron chi connectivity index (χ0n) is 10.9. The molecule has 1 aliphatic heterocycles. The Morgan fingerprint density at radius 1 is 1.56 bits per heavy atom. The molecule has 0 unspecified atom stereocenters. The second-order valence-corrected chi connectivity index (χ2v) is 5.31.